The van der Waals surface area contributed by atoms with Gasteiger partial charge in [-0.15, -0.1) is 0 Å². The number of carbonyl (C=O) groups excluding carboxylic acids is 1. The highest BCUT2D eigenvalue weighted by molar-refractivity contribution is 6.37. The minimum absolute atomic E-state index is 0.0833. The fourth-order valence-corrected chi connectivity index (χ4v) is 1.67. The first-order valence-electron chi connectivity index (χ1n) is 4.22. The molecule has 0 bridgehead atoms. The summed E-state index contributed by atoms with van der Waals surface area (Å²) in [7, 11) is 0. The van der Waals surface area contributed by atoms with E-state index in [0.717, 1.165) is 0 Å². The Morgan fingerprint density at radius 3 is 2.40 bits per heavy atom. The largest absolute Gasteiger partial charge is 0.452 e. The molecule has 15 heavy (non-hydrogen) atoms. The summed E-state index contributed by atoms with van der Waals surface area (Å²) in [4.78, 5) is 11.9. The van der Waals surface area contributed by atoms with Crippen LogP contribution in [0.15, 0.2) is 41.0 Å². The van der Waals surface area contributed by atoms with E-state index in [2.05, 4.69) is 0 Å². The second kappa shape index (κ2) is 4.09. The number of ketones is 1. The van der Waals surface area contributed by atoms with Gasteiger partial charge < -0.3 is 4.42 Å². The quantitative estimate of drug-likeness (QED) is 0.748. The maximum absolute atomic E-state index is 11.9. The summed E-state index contributed by atoms with van der Waals surface area (Å²) in [6.45, 7) is 0. The predicted molar refractivity (Wildman–Crippen MR) is 58.6 cm³/mol. The van der Waals surface area contributed by atoms with Crippen molar-refractivity contribution < 1.29 is 9.21 Å². The molecule has 0 aliphatic heterocycles. The molecule has 0 radical (unpaired) electrons. The molecule has 2 nitrogen and oxygen atoms in total. The molecule has 1 aromatic heterocycles. The second-order valence-electron chi connectivity index (χ2n) is 2.92. The summed E-state index contributed by atoms with van der Waals surface area (Å²) < 4.78 is 4.85. The molecule has 0 aliphatic rings. The summed E-state index contributed by atoms with van der Waals surface area (Å²) in [5, 5.41) is 0.486. The van der Waals surface area contributed by atoms with Crippen LogP contribution in [0.25, 0.3) is 0 Å². The molecule has 2 aromatic rings. The minimum Gasteiger partial charge on any atom is -0.452 e. The van der Waals surface area contributed by atoms with Crippen molar-refractivity contribution in [3.05, 3.63) is 58.0 Å². The third kappa shape index (κ3) is 1.91. The number of hydrogen-bond donors (Lipinski definition) is 0. The van der Waals surface area contributed by atoms with Crippen LogP contribution in [0.4, 0.5) is 0 Å². The molecule has 0 unspecified atom stereocenters. The Bertz CT molecular complexity index is 503. The van der Waals surface area contributed by atoms with E-state index in [1.165, 1.54) is 12.3 Å². The Morgan fingerprint density at radius 2 is 1.80 bits per heavy atom. The lowest BCUT2D eigenvalue weighted by atomic mass is 10.1. The molecular weight excluding hydrogens is 235 g/mol. The van der Waals surface area contributed by atoms with Crippen LogP contribution in [-0.4, -0.2) is 5.78 Å². The molecule has 4 heteroatoms. The van der Waals surface area contributed by atoms with Crippen LogP contribution in [0.5, 0.6) is 0 Å². The highest BCUT2D eigenvalue weighted by Gasteiger charge is 2.17. The minimum atomic E-state index is -0.237. The van der Waals surface area contributed by atoms with Crippen molar-refractivity contribution in [2.75, 3.05) is 0 Å². The van der Waals surface area contributed by atoms with E-state index in [1.54, 1.807) is 24.3 Å². The standard InChI is InChI=1S/C11H6Cl2O2/c12-9-4-2-1-3-7(9)10(14)8-5-6-15-11(8)13/h1-6H. The fourth-order valence-electron chi connectivity index (χ4n) is 1.25. The monoisotopic (exact) mass is 240 g/mol. The maximum Gasteiger partial charge on any atom is 0.204 e. The lowest BCUT2D eigenvalue weighted by Gasteiger charge is -2.00. The van der Waals surface area contributed by atoms with Crippen LogP contribution >= 0.6 is 23.2 Å². The summed E-state index contributed by atoms with van der Waals surface area (Å²) >= 11 is 11.6. The molecule has 76 valence electrons. The number of hydrogen-bond acceptors (Lipinski definition) is 2. The SMILES string of the molecule is O=C(c1ccccc1Cl)c1ccoc1Cl. The zero-order valence-corrected chi connectivity index (χ0v) is 9.05. The average molecular weight is 241 g/mol. The topological polar surface area (TPSA) is 30.2 Å². The molecule has 0 atom stereocenters. The van der Waals surface area contributed by atoms with Crippen molar-refractivity contribution in [1.29, 1.82) is 0 Å². The van der Waals surface area contributed by atoms with E-state index in [9.17, 15) is 4.79 Å². The van der Waals surface area contributed by atoms with Crippen LogP contribution in [0.3, 0.4) is 0 Å². The van der Waals surface area contributed by atoms with Gasteiger partial charge in [-0.3, -0.25) is 4.79 Å². The molecule has 2 rings (SSSR count). The molecule has 0 spiro atoms. The van der Waals surface area contributed by atoms with Gasteiger partial charge in [0.25, 0.3) is 0 Å². The van der Waals surface area contributed by atoms with Gasteiger partial charge in [-0.1, -0.05) is 23.7 Å². The number of halogens is 2. The zero-order chi connectivity index (χ0) is 10.8. The molecule has 0 saturated heterocycles. The average Bonchev–Trinajstić information content (AvgIpc) is 2.64. The van der Waals surface area contributed by atoms with E-state index in [-0.39, 0.29) is 11.0 Å². The third-order valence-electron chi connectivity index (χ3n) is 1.98. The predicted octanol–water partition coefficient (Wildman–Crippen LogP) is 3.82. The van der Waals surface area contributed by atoms with Crippen molar-refractivity contribution in [3.8, 4) is 0 Å². The van der Waals surface area contributed by atoms with Gasteiger partial charge in [0.2, 0.25) is 5.22 Å². The number of benzene rings is 1. The van der Waals surface area contributed by atoms with Gasteiger partial charge in [0, 0.05) is 5.56 Å². The van der Waals surface area contributed by atoms with Gasteiger partial charge in [0.05, 0.1) is 16.8 Å². The smallest absolute Gasteiger partial charge is 0.204 e. The van der Waals surface area contributed by atoms with Gasteiger partial charge in [-0.2, -0.15) is 0 Å². The Labute approximate surface area is 96.4 Å². The van der Waals surface area contributed by atoms with Gasteiger partial charge in [0.1, 0.15) is 0 Å². The number of carbonyl (C=O) groups is 1. The normalized spacial score (nSPS) is 10.3. The molecular formula is C11H6Cl2O2. The summed E-state index contributed by atoms with van der Waals surface area (Å²) in [5.74, 6) is -0.237. The maximum atomic E-state index is 11.9. The van der Waals surface area contributed by atoms with Crippen molar-refractivity contribution in [3.63, 3.8) is 0 Å². The van der Waals surface area contributed by atoms with Crippen molar-refractivity contribution in [1.82, 2.24) is 0 Å². The first-order valence-corrected chi connectivity index (χ1v) is 4.98. The lowest BCUT2D eigenvalue weighted by Crippen LogP contribution is -2.00. The fraction of sp³-hybridized carbons (Fsp3) is 0. The summed E-state index contributed by atoms with van der Waals surface area (Å²) in [6, 6.07) is 8.33. The van der Waals surface area contributed by atoms with Crippen LogP contribution in [0.1, 0.15) is 15.9 Å². The van der Waals surface area contributed by atoms with E-state index >= 15 is 0 Å². The lowest BCUT2D eigenvalue weighted by molar-refractivity contribution is 0.103. The Balaban J connectivity index is 2.46. The van der Waals surface area contributed by atoms with E-state index in [0.29, 0.717) is 16.1 Å². The molecule has 0 saturated carbocycles. The van der Waals surface area contributed by atoms with Gasteiger partial charge in [0.15, 0.2) is 5.78 Å². The van der Waals surface area contributed by atoms with Gasteiger partial charge in [-0.05, 0) is 29.8 Å². The van der Waals surface area contributed by atoms with Gasteiger partial charge in [-0.25, -0.2) is 0 Å². The third-order valence-corrected chi connectivity index (χ3v) is 2.60. The second-order valence-corrected chi connectivity index (χ2v) is 3.67. The number of furan rings is 1. The molecule has 0 aliphatic carbocycles. The summed E-state index contributed by atoms with van der Waals surface area (Å²) in [6.07, 6.45) is 1.37. The van der Waals surface area contributed by atoms with Crippen molar-refractivity contribution >= 4 is 29.0 Å². The van der Waals surface area contributed by atoms with Crippen molar-refractivity contribution in [2.45, 2.75) is 0 Å². The van der Waals surface area contributed by atoms with Crippen LogP contribution < -0.4 is 0 Å². The van der Waals surface area contributed by atoms with Crippen LogP contribution in [0.2, 0.25) is 10.2 Å². The molecule has 0 N–H and O–H groups in total. The highest BCUT2D eigenvalue weighted by Crippen LogP contribution is 2.24. The Morgan fingerprint density at radius 1 is 1.07 bits per heavy atom. The Hall–Kier alpha value is -1.25. The Kier molecular flexibility index (Phi) is 2.80. The summed E-state index contributed by atoms with van der Waals surface area (Å²) in [5.41, 5.74) is 0.743. The van der Waals surface area contributed by atoms with Crippen LogP contribution in [-0.2, 0) is 0 Å². The highest BCUT2D eigenvalue weighted by atomic mass is 35.5. The van der Waals surface area contributed by atoms with Gasteiger partial charge >= 0.3 is 0 Å². The first kappa shape index (κ1) is 10.3. The molecule has 1 heterocycles. The first-order chi connectivity index (χ1) is 7.20. The van der Waals surface area contributed by atoms with E-state index in [4.69, 9.17) is 27.6 Å². The zero-order valence-electron chi connectivity index (χ0n) is 7.54. The molecule has 0 amide bonds. The van der Waals surface area contributed by atoms with E-state index in [1.807, 2.05) is 0 Å². The van der Waals surface area contributed by atoms with Crippen LogP contribution in [0, 0.1) is 0 Å². The molecule has 1 aromatic carbocycles. The molecule has 0 fully saturated rings. The number of rotatable bonds is 2. The van der Waals surface area contributed by atoms with Crippen molar-refractivity contribution in [2.24, 2.45) is 0 Å². The van der Waals surface area contributed by atoms with E-state index < -0.39 is 0 Å².